The van der Waals surface area contributed by atoms with Crippen molar-refractivity contribution >= 4 is 22.4 Å². The number of aliphatic hydroxyl groups excluding tert-OH is 1. The second kappa shape index (κ2) is 9.49. The van der Waals surface area contributed by atoms with Gasteiger partial charge in [-0.1, -0.05) is 17.7 Å². The number of hydrogen-bond acceptors (Lipinski definition) is 5. The molecule has 1 aromatic heterocycles. The van der Waals surface area contributed by atoms with Crippen LogP contribution in [0.4, 0.5) is 18.3 Å². The maximum absolute atomic E-state index is 12.7. The van der Waals surface area contributed by atoms with Crippen molar-refractivity contribution < 1.29 is 23.1 Å². The van der Waals surface area contributed by atoms with Crippen LogP contribution in [0.5, 0.6) is 0 Å². The summed E-state index contributed by atoms with van der Waals surface area (Å²) in [6.07, 6.45) is -4.25. The van der Waals surface area contributed by atoms with Crippen LogP contribution in [0.3, 0.4) is 0 Å². The van der Waals surface area contributed by atoms with Crippen LogP contribution < -0.4 is 5.32 Å². The average molecular weight is 415 g/mol. The van der Waals surface area contributed by atoms with Crippen molar-refractivity contribution in [1.29, 1.82) is 0 Å². The first-order chi connectivity index (χ1) is 13.1. The van der Waals surface area contributed by atoms with Crippen LogP contribution in [0.15, 0.2) is 17.5 Å². The molecule has 2 rings (SSSR count). The number of nitrogens with one attached hydrogen (secondary N) is 1. The highest BCUT2D eigenvalue weighted by Gasteiger charge is 2.31. The lowest BCUT2D eigenvalue weighted by Gasteiger charge is -2.22. The molecule has 0 spiro atoms. The van der Waals surface area contributed by atoms with E-state index in [2.05, 4.69) is 22.4 Å². The Balaban J connectivity index is 2.07. The van der Waals surface area contributed by atoms with Gasteiger partial charge in [0.15, 0.2) is 5.13 Å². The maximum Gasteiger partial charge on any atom is 0.401 e. The smallest absolute Gasteiger partial charge is 0.396 e. The van der Waals surface area contributed by atoms with Gasteiger partial charge in [0.05, 0.1) is 18.8 Å². The van der Waals surface area contributed by atoms with E-state index in [-0.39, 0.29) is 19.6 Å². The highest BCUT2D eigenvalue weighted by molar-refractivity contribution is 7.14. The lowest BCUT2D eigenvalue weighted by molar-refractivity contribution is -0.148. The van der Waals surface area contributed by atoms with Crippen molar-refractivity contribution in [3.8, 4) is 11.3 Å². The molecule has 5 nitrogen and oxygen atoms in total. The highest BCUT2D eigenvalue weighted by atomic mass is 32.1. The van der Waals surface area contributed by atoms with Crippen molar-refractivity contribution in [2.75, 3.05) is 31.6 Å². The van der Waals surface area contributed by atoms with E-state index < -0.39 is 25.2 Å². The number of nitrogens with zero attached hydrogens (tertiary/aromatic N) is 2. The monoisotopic (exact) mass is 415 g/mol. The molecule has 1 aromatic carbocycles. The van der Waals surface area contributed by atoms with Gasteiger partial charge in [0.2, 0.25) is 5.91 Å². The summed E-state index contributed by atoms with van der Waals surface area (Å²) in [7, 11) is 0. The number of halogens is 3. The lowest BCUT2D eigenvalue weighted by atomic mass is 9.98. The summed E-state index contributed by atoms with van der Waals surface area (Å²) in [5.74, 6) is -0.569. The lowest BCUT2D eigenvalue weighted by Crippen LogP contribution is -2.40. The highest BCUT2D eigenvalue weighted by Crippen LogP contribution is 2.31. The Morgan fingerprint density at radius 1 is 1.25 bits per heavy atom. The molecule has 0 fully saturated rings. The summed E-state index contributed by atoms with van der Waals surface area (Å²) in [5, 5.41) is 13.6. The van der Waals surface area contributed by atoms with Crippen molar-refractivity contribution in [2.24, 2.45) is 0 Å². The van der Waals surface area contributed by atoms with E-state index in [4.69, 9.17) is 5.11 Å². The molecule has 2 N–H and O–H groups in total. The van der Waals surface area contributed by atoms with E-state index in [1.165, 1.54) is 11.3 Å². The van der Waals surface area contributed by atoms with Gasteiger partial charge in [0.1, 0.15) is 0 Å². The predicted octanol–water partition coefficient (Wildman–Crippen LogP) is 3.92. The second-order valence-corrected chi connectivity index (χ2v) is 7.62. The number of amides is 1. The molecule has 9 heteroatoms. The second-order valence-electron chi connectivity index (χ2n) is 6.76. The Hall–Kier alpha value is -1.97. The first-order valence-corrected chi connectivity index (χ1v) is 9.70. The SMILES string of the molecule is Cc1cc(C)c(-c2csc(NC(=O)CN(CCCO)CC(F)(F)F)n2)c(C)c1. The Morgan fingerprint density at radius 2 is 1.89 bits per heavy atom. The van der Waals surface area contributed by atoms with Gasteiger partial charge in [-0.2, -0.15) is 13.2 Å². The zero-order valence-electron chi connectivity index (χ0n) is 16.1. The van der Waals surface area contributed by atoms with E-state index in [1.54, 1.807) is 0 Å². The number of aliphatic hydroxyl groups is 1. The van der Waals surface area contributed by atoms with Crippen molar-refractivity contribution in [2.45, 2.75) is 33.4 Å². The van der Waals surface area contributed by atoms with Gasteiger partial charge in [0, 0.05) is 24.1 Å². The number of benzene rings is 1. The standard InChI is InChI=1S/C19H24F3N3O2S/c1-12-7-13(2)17(14(3)8-12)15-10-28-18(23-15)24-16(27)9-25(5-4-6-26)11-19(20,21)22/h7-8,10,26H,4-6,9,11H2,1-3H3,(H,23,24,27). The minimum absolute atomic E-state index is 0.0195. The maximum atomic E-state index is 12.7. The molecule has 0 saturated carbocycles. The van der Waals surface area contributed by atoms with E-state index in [0.717, 1.165) is 32.8 Å². The third-order valence-corrected chi connectivity index (χ3v) is 4.84. The number of anilines is 1. The van der Waals surface area contributed by atoms with Crippen molar-refractivity contribution in [3.05, 3.63) is 34.2 Å². The zero-order valence-corrected chi connectivity index (χ0v) is 16.9. The molecule has 0 unspecified atom stereocenters. The summed E-state index contributed by atoms with van der Waals surface area (Å²) >= 11 is 1.23. The van der Waals surface area contributed by atoms with Crippen LogP contribution in [-0.2, 0) is 4.79 Å². The summed E-state index contributed by atoms with van der Waals surface area (Å²) < 4.78 is 38.0. The topological polar surface area (TPSA) is 65.5 Å². The molecule has 1 amide bonds. The van der Waals surface area contributed by atoms with Crippen LogP contribution in [0.2, 0.25) is 0 Å². The fraction of sp³-hybridized carbons (Fsp3) is 0.474. The Morgan fingerprint density at radius 3 is 2.46 bits per heavy atom. The third kappa shape index (κ3) is 6.57. The fourth-order valence-electron chi connectivity index (χ4n) is 3.15. The molecule has 0 aliphatic heterocycles. The number of alkyl halides is 3. The van der Waals surface area contributed by atoms with Gasteiger partial charge in [-0.3, -0.25) is 9.69 Å². The van der Waals surface area contributed by atoms with Gasteiger partial charge in [-0.15, -0.1) is 11.3 Å². The van der Waals surface area contributed by atoms with E-state index in [0.29, 0.717) is 5.13 Å². The van der Waals surface area contributed by atoms with Crippen molar-refractivity contribution in [1.82, 2.24) is 9.88 Å². The van der Waals surface area contributed by atoms with Crippen LogP contribution in [-0.4, -0.2) is 53.3 Å². The van der Waals surface area contributed by atoms with E-state index >= 15 is 0 Å². The largest absolute Gasteiger partial charge is 0.401 e. The van der Waals surface area contributed by atoms with Crippen LogP contribution in [0.1, 0.15) is 23.1 Å². The molecule has 0 aliphatic rings. The molecule has 28 heavy (non-hydrogen) atoms. The summed E-state index contributed by atoms with van der Waals surface area (Å²) in [6, 6.07) is 4.10. The van der Waals surface area contributed by atoms with Gasteiger partial charge >= 0.3 is 6.18 Å². The van der Waals surface area contributed by atoms with Crippen LogP contribution in [0.25, 0.3) is 11.3 Å². The van der Waals surface area contributed by atoms with Crippen LogP contribution >= 0.6 is 11.3 Å². The molecular weight excluding hydrogens is 391 g/mol. The molecule has 0 bridgehead atoms. The molecule has 0 atom stereocenters. The Kier molecular flexibility index (Phi) is 7.56. The number of aromatic nitrogens is 1. The summed E-state index contributed by atoms with van der Waals surface area (Å²) in [6.45, 7) is 4.11. The van der Waals surface area contributed by atoms with E-state index in [9.17, 15) is 18.0 Å². The molecular formula is C19H24F3N3O2S. The number of thiazole rings is 1. The molecule has 1 heterocycles. The van der Waals surface area contributed by atoms with Gasteiger partial charge < -0.3 is 10.4 Å². The molecule has 0 aliphatic carbocycles. The first-order valence-electron chi connectivity index (χ1n) is 8.82. The number of carbonyl (C=O) groups is 1. The number of carbonyl (C=O) groups excluding carboxylic acids is 1. The first kappa shape index (κ1) is 22.3. The van der Waals surface area contributed by atoms with E-state index in [1.807, 2.05) is 26.2 Å². The minimum Gasteiger partial charge on any atom is -0.396 e. The van der Waals surface area contributed by atoms with Crippen molar-refractivity contribution in [3.63, 3.8) is 0 Å². The Bertz CT molecular complexity index is 798. The van der Waals surface area contributed by atoms with Gasteiger partial charge in [-0.05, 0) is 38.3 Å². The third-order valence-electron chi connectivity index (χ3n) is 4.09. The summed E-state index contributed by atoms with van der Waals surface area (Å²) in [5.41, 5.74) is 5.00. The Labute approximate surface area is 166 Å². The molecule has 154 valence electrons. The normalized spacial score (nSPS) is 11.9. The quantitative estimate of drug-likeness (QED) is 0.686. The summed E-state index contributed by atoms with van der Waals surface area (Å²) in [4.78, 5) is 17.6. The minimum atomic E-state index is -4.41. The number of rotatable bonds is 8. The molecule has 0 saturated heterocycles. The fourth-order valence-corrected chi connectivity index (χ4v) is 3.87. The molecule has 0 radical (unpaired) electrons. The zero-order chi connectivity index (χ0) is 20.9. The molecule has 2 aromatic rings. The number of hydrogen-bond donors (Lipinski definition) is 2. The van der Waals surface area contributed by atoms with Gasteiger partial charge in [0.25, 0.3) is 0 Å². The number of aryl methyl sites for hydroxylation is 3. The van der Waals surface area contributed by atoms with Gasteiger partial charge in [-0.25, -0.2) is 4.98 Å². The average Bonchev–Trinajstić information content (AvgIpc) is 2.98. The van der Waals surface area contributed by atoms with Crippen LogP contribution in [0, 0.1) is 20.8 Å². The predicted molar refractivity (Wildman–Crippen MR) is 105 cm³/mol.